The van der Waals surface area contributed by atoms with Gasteiger partial charge in [0.15, 0.2) is 0 Å². The maximum atomic E-state index is 12.0. The van der Waals surface area contributed by atoms with Gasteiger partial charge in [0, 0.05) is 18.6 Å². The number of aliphatic hydroxyl groups is 1. The van der Waals surface area contributed by atoms with Gasteiger partial charge < -0.3 is 10.0 Å². The predicted molar refractivity (Wildman–Crippen MR) is 52.8 cm³/mol. The van der Waals surface area contributed by atoms with Crippen molar-refractivity contribution in [2.24, 2.45) is 0 Å². The largest absolute Gasteiger partial charge is 0.394 e. The number of hydrogen-bond donors (Lipinski definition) is 1. The summed E-state index contributed by atoms with van der Waals surface area (Å²) < 4.78 is 0. The van der Waals surface area contributed by atoms with Crippen molar-refractivity contribution in [1.29, 1.82) is 0 Å². The lowest BCUT2D eigenvalue weighted by Crippen LogP contribution is -2.61. The highest BCUT2D eigenvalue weighted by atomic mass is 16.3. The Balaban J connectivity index is 2.12. The van der Waals surface area contributed by atoms with E-state index in [2.05, 4.69) is 6.92 Å². The van der Waals surface area contributed by atoms with Gasteiger partial charge in [-0.05, 0) is 26.8 Å². The first-order chi connectivity index (χ1) is 6.65. The fourth-order valence-corrected chi connectivity index (χ4v) is 2.32. The molecule has 2 aliphatic rings. The Morgan fingerprint density at radius 3 is 2.64 bits per heavy atom. The van der Waals surface area contributed by atoms with Gasteiger partial charge in [0.1, 0.15) is 6.04 Å². The van der Waals surface area contributed by atoms with Crippen LogP contribution in [0.1, 0.15) is 19.8 Å². The molecule has 80 valence electrons. The molecule has 1 heterocycles. The number of amides is 1. The van der Waals surface area contributed by atoms with Crippen LogP contribution in [0.3, 0.4) is 0 Å². The number of rotatable bonds is 2. The monoisotopic (exact) mass is 198 g/mol. The predicted octanol–water partition coefficient (Wildman–Crippen LogP) is -0.328. The molecule has 14 heavy (non-hydrogen) atoms. The topological polar surface area (TPSA) is 43.8 Å². The molecule has 0 aromatic rings. The minimum atomic E-state index is -0.313. The van der Waals surface area contributed by atoms with Crippen molar-refractivity contribution in [2.75, 3.05) is 20.2 Å². The molecule has 2 atom stereocenters. The number of carbonyl (C=O) groups excluding carboxylic acids is 1. The fourth-order valence-electron chi connectivity index (χ4n) is 2.32. The third-order valence-electron chi connectivity index (χ3n) is 3.21. The first-order valence-corrected chi connectivity index (χ1v) is 5.28. The Morgan fingerprint density at radius 2 is 2.14 bits per heavy atom. The van der Waals surface area contributed by atoms with E-state index in [9.17, 15) is 4.79 Å². The third kappa shape index (κ3) is 1.53. The SMILES string of the molecule is CC1CN(C)C(CO)C(=O)N1C1CC1. The number of piperazine rings is 1. The second-order valence-electron chi connectivity index (χ2n) is 4.46. The fraction of sp³-hybridized carbons (Fsp3) is 0.900. The molecular weight excluding hydrogens is 180 g/mol. The molecule has 4 nitrogen and oxygen atoms in total. The van der Waals surface area contributed by atoms with Crippen LogP contribution >= 0.6 is 0 Å². The number of aliphatic hydroxyl groups excluding tert-OH is 1. The molecule has 0 spiro atoms. The Kier molecular flexibility index (Phi) is 2.49. The van der Waals surface area contributed by atoms with Gasteiger partial charge >= 0.3 is 0 Å². The molecule has 1 N–H and O–H groups in total. The van der Waals surface area contributed by atoms with Gasteiger partial charge in [-0.3, -0.25) is 9.69 Å². The summed E-state index contributed by atoms with van der Waals surface area (Å²) in [7, 11) is 1.90. The van der Waals surface area contributed by atoms with Crippen molar-refractivity contribution in [1.82, 2.24) is 9.80 Å². The lowest BCUT2D eigenvalue weighted by atomic mass is 10.1. The maximum absolute atomic E-state index is 12.0. The summed E-state index contributed by atoms with van der Waals surface area (Å²) in [5.74, 6) is 0.108. The minimum absolute atomic E-state index is 0.0642. The van der Waals surface area contributed by atoms with Crippen LogP contribution in [-0.2, 0) is 4.79 Å². The molecule has 2 unspecified atom stereocenters. The highest BCUT2D eigenvalue weighted by Crippen LogP contribution is 2.31. The summed E-state index contributed by atoms with van der Waals surface area (Å²) in [5, 5.41) is 9.15. The van der Waals surface area contributed by atoms with E-state index in [1.54, 1.807) is 0 Å². The molecule has 4 heteroatoms. The maximum Gasteiger partial charge on any atom is 0.242 e. The molecule has 0 radical (unpaired) electrons. The minimum Gasteiger partial charge on any atom is -0.394 e. The molecule has 0 bridgehead atoms. The number of carbonyl (C=O) groups is 1. The van der Waals surface area contributed by atoms with Gasteiger partial charge in [-0.1, -0.05) is 0 Å². The second-order valence-corrected chi connectivity index (χ2v) is 4.46. The molecule has 1 saturated carbocycles. The van der Waals surface area contributed by atoms with Crippen LogP contribution in [0.4, 0.5) is 0 Å². The molecule has 1 saturated heterocycles. The summed E-state index contributed by atoms with van der Waals surface area (Å²) >= 11 is 0. The smallest absolute Gasteiger partial charge is 0.242 e. The Labute approximate surface area is 84.5 Å². The van der Waals surface area contributed by atoms with Gasteiger partial charge in [-0.2, -0.15) is 0 Å². The van der Waals surface area contributed by atoms with E-state index in [1.165, 1.54) is 0 Å². The third-order valence-corrected chi connectivity index (χ3v) is 3.21. The van der Waals surface area contributed by atoms with E-state index in [4.69, 9.17) is 5.11 Å². The Morgan fingerprint density at radius 1 is 1.50 bits per heavy atom. The summed E-state index contributed by atoms with van der Waals surface area (Å²) in [5.41, 5.74) is 0. The molecule has 1 aliphatic carbocycles. The van der Waals surface area contributed by atoms with Crippen molar-refractivity contribution in [2.45, 2.75) is 37.9 Å². The highest BCUT2D eigenvalue weighted by molar-refractivity contribution is 5.83. The molecule has 0 aromatic carbocycles. The van der Waals surface area contributed by atoms with Crippen LogP contribution in [0.25, 0.3) is 0 Å². The summed E-state index contributed by atoms with van der Waals surface area (Å²) in [6.07, 6.45) is 2.27. The van der Waals surface area contributed by atoms with Gasteiger partial charge in [-0.25, -0.2) is 0 Å². The quantitative estimate of drug-likeness (QED) is 0.661. The first-order valence-electron chi connectivity index (χ1n) is 5.28. The summed E-state index contributed by atoms with van der Waals surface area (Å²) in [6.45, 7) is 2.89. The lowest BCUT2D eigenvalue weighted by Gasteiger charge is -2.42. The average Bonchev–Trinajstić information content (AvgIpc) is 2.88. The number of likely N-dealkylation sites (N-methyl/N-ethyl adjacent to an activating group) is 1. The van der Waals surface area contributed by atoms with E-state index >= 15 is 0 Å². The van der Waals surface area contributed by atoms with Gasteiger partial charge in [-0.15, -0.1) is 0 Å². The van der Waals surface area contributed by atoms with Gasteiger partial charge in [0.05, 0.1) is 6.61 Å². The van der Waals surface area contributed by atoms with E-state index < -0.39 is 0 Å². The standard InChI is InChI=1S/C10H18N2O2/c1-7-5-11(2)9(6-13)10(14)12(7)8-3-4-8/h7-9,13H,3-6H2,1-2H3. The van der Waals surface area contributed by atoms with Crippen LogP contribution in [0.2, 0.25) is 0 Å². The molecular formula is C10H18N2O2. The molecule has 1 aliphatic heterocycles. The van der Waals surface area contributed by atoms with Crippen molar-refractivity contribution < 1.29 is 9.90 Å². The normalized spacial score (nSPS) is 35.1. The molecule has 0 aromatic heterocycles. The number of nitrogens with zero attached hydrogens (tertiary/aromatic N) is 2. The van der Waals surface area contributed by atoms with E-state index in [0.29, 0.717) is 12.1 Å². The van der Waals surface area contributed by atoms with E-state index in [-0.39, 0.29) is 18.6 Å². The summed E-state index contributed by atoms with van der Waals surface area (Å²) in [6, 6.07) is 0.440. The van der Waals surface area contributed by atoms with Crippen molar-refractivity contribution >= 4 is 5.91 Å². The second kappa shape index (κ2) is 3.51. The van der Waals surface area contributed by atoms with Crippen LogP contribution in [0.5, 0.6) is 0 Å². The van der Waals surface area contributed by atoms with Gasteiger partial charge in [0.2, 0.25) is 5.91 Å². The van der Waals surface area contributed by atoms with E-state index in [1.807, 2.05) is 16.8 Å². The zero-order valence-electron chi connectivity index (χ0n) is 8.81. The van der Waals surface area contributed by atoms with Crippen LogP contribution in [-0.4, -0.2) is 59.1 Å². The van der Waals surface area contributed by atoms with Crippen molar-refractivity contribution in [3.63, 3.8) is 0 Å². The molecule has 1 amide bonds. The Bertz CT molecular complexity index is 240. The summed E-state index contributed by atoms with van der Waals surface area (Å²) in [4.78, 5) is 15.9. The average molecular weight is 198 g/mol. The Hall–Kier alpha value is -0.610. The molecule has 2 fully saturated rings. The highest BCUT2D eigenvalue weighted by Gasteiger charge is 2.43. The lowest BCUT2D eigenvalue weighted by molar-refractivity contribution is -0.147. The van der Waals surface area contributed by atoms with E-state index in [0.717, 1.165) is 19.4 Å². The molecule has 2 rings (SSSR count). The van der Waals surface area contributed by atoms with Crippen LogP contribution < -0.4 is 0 Å². The first kappa shape index (κ1) is 9.93. The van der Waals surface area contributed by atoms with Crippen LogP contribution in [0.15, 0.2) is 0 Å². The number of hydrogen-bond acceptors (Lipinski definition) is 3. The van der Waals surface area contributed by atoms with Crippen LogP contribution in [0, 0.1) is 0 Å². The van der Waals surface area contributed by atoms with Crippen molar-refractivity contribution in [3.05, 3.63) is 0 Å². The van der Waals surface area contributed by atoms with Gasteiger partial charge in [0.25, 0.3) is 0 Å². The zero-order valence-corrected chi connectivity index (χ0v) is 8.81. The van der Waals surface area contributed by atoms with Crippen molar-refractivity contribution in [3.8, 4) is 0 Å². The zero-order chi connectivity index (χ0) is 10.3.